The van der Waals surface area contributed by atoms with E-state index in [0.717, 1.165) is 17.9 Å². The number of nitrogens with zero attached hydrogens (tertiary/aromatic N) is 1. The van der Waals surface area contributed by atoms with Crippen molar-refractivity contribution in [2.45, 2.75) is 32.2 Å². The molecule has 2 heteroatoms. The lowest BCUT2D eigenvalue weighted by Crippen LogP contribution is -2.33. The average molecular weight is 182 g/mol. The van der Waals surface area contributed by atoms with Crippen molar-refractivity contribution >= 4 is 0 Å². The number of hydrogen-bond donors (Lipinski definition) is 1. The summed E-state index contributed by atoms with van der Waals surface area (Å²) in [5, 5.41) is 3.68. The molecule has 2 rings (SSSR count). The zero-order chi connectivity index (χ0) is 9.26. The van der Waals surface area contributed by atoms with Crippen LogP contribution < -0.4 is 5.32 Å². The summed E-state index contributed by atoms with van der Waals surface area (Å²) in [6.45, 7) is 6.17. The van der Waals surface area contributed by atoms with Gasteiger partial charge in [-0.2, -0.15) is 0 Å². The topological polar surface area (TPSA) is 15.3 Å². The second kappa shape index (κ2) is 3.97. The van der Waals surface area contributed by atoms with Gasteiger partial charge < -0.3 is 10.2 Å². The molecule has 1 aliphatic heterocycles. The van der Waals surface area contributed by atoms with E-state index in [1.165, 1.54) is 38.9 Å². The summed E-state index contributed by atoms with van der Waals surface area (Å²) in [6, 6.07) is 0.769. The minimum Gasteiger partial charge on any atom is -0.314 e. The summed E-state index contributed by atoms with van der Waals surface area (Å²) >= 11 is 0. The predicted molar refractivity (Wildman–Crippen MR) is 55.8 cm³/mol. The third-order valence-corrected chi connectivity index (χ3v) is 3.55. The molecule has 13 heavy (non-hydrogen) atoms. The molecule has 0 bridgehead atoms. The summed E-state index contributed by atoms with van der Waals surface area (Å²) in [4.78, 5) is 2.44. The predicted octanol–water partition coefficient (Wildman–Crippen LogP) is 1.33. The fourth-order valence-corrected chi connectivity index (χ4v) is 2.31. The highest BCUT2D eigenvalue weighted by molar-refractivity contribution is 4.84. The second-order valence-electron chi connectivity index (χ2n) is 4.95. The van der Waals surface area contributed by atoms with Crippen LogP contribution in [0.5, 0.6) is 0 Å². The Kier molecular flexibility index (Phi) is 2.89. The van der Waals surface area contributed by atoms with Gasteiger partial charge in [0.1, 0.15) is 0 Å². The minimum absolute atomic E-state index is 0.769. The van der Waals surface area contributed by atoms with Crippen molar-refractivity contribution in [2.24, 2.45) is 11.8 Å². The Bertz CT molecular complexity index is 165. The van der Waals surface area contributed by atoms with Gasteiger partial charge in [0.15, 0.2) is 0 Å². The van der Waals surface area contributed by atoms with Crippen molar-refractivity contribution < 1.29 is 0 Å². The molecule has 1 heterocycles. The van der Waals surface area contributed by atoms with E-state index in [1.807, 2.05) is 0 Å². The number of likely N-dealkylation sites (tertiary alicyclic amines) is 1. The smallest absolute Gasteiger partial charge is 0.00671 e. The molecule has 0 radical (unpaired) electrons. The van der Waals surface area contributed by atoms with E-state index in [1.54, 1.807) is 0 Å². The first-order chi connectivity index (χ1) is 6.25. The van der Waals surface area contributed by atoms with Crippen molar-refractivity contribution in [1.82, 2.24) is 10.2 Å². The van der Waals surface area contributed by atoms with Crippen LogP contribution in [0.2, 0.25) is 0 Å². The highest BCUT2D eigenvalue weighted by Crippen LogP contribution is 2.32. The van der Waals surface area contributed by atoms with Crippen molar-refractivity contribution in [3.63, 3.8) is 0 Å². The maximum Gasteiger partial charge on any atom is 0.00671 e. The van der Waals surface area contributed by atoms with Crippen LogP contribution in [0.15, 0.2) is 0 Å². The van der Waals surface area contributed by atoms with Gasteiger partial charge in [0.05, 0.1) is 0 Å². The van der Waals surface area contributed by atoms with E-state index < -0.39 is 0 Å². The van der Waals surface area contributed by atoms with Gasteiger partial charge in [0.25, 0.3) is 0 Å². The molecule has 0 spiro atoms. The Balaban J connectivity index is 1.61. The van der Waals surface area contributed by atoms with Gasteiger partial charge in [-0.25, -0.2) is 0 Å². The third kappa shape index (κ3) is 2.68. The van der Waals surface area contributed by atoms with E-state index in [0.29, 0.717) is 0 Å². The van der Waals surface area contributed by atoms with E-state index in [2.05, 4.69) is 24.2 Å². The first kappa shape index (κ1) is 9.47. The lowest BCUT2D eigenvalue weighted by molar-refractivity contribution is 0.375. The molecule has 2 nitrogen and oxygen atoms in total. The van der Waals surface area contributed by atoms with Crippen LogP contribution in [0, 0.1) is 11.8 Å². The normalized spacial score (nSPS) is 32.3. The van der Waals surface area contributed by atoms with Gasteiger partial charge in [0, 0.05) is 12.6 Å². The van der Waals surface area contributed by atoms with Crippen LogP contribution in [-0.4, -0.2) is 37.6 Å². The highest BCUT2D eigenvalue weighted by atomic mass is 15.1. The molecule has 1 aliphatic carbocycles. The Hall–Kier alpha value is -0.0800. The van der Waals surface area contributed by atoms with Crippen LogP contribution in [0.25, 0.3) is 0 Å². The zero-order valence-corrected chi connectivity index (χ0v) is 8.92. The summed E-state index contributed by atoms with van der Waals surface area (Å²) in [7, 11) is 2.23. The van der Waals surface area contributed by atoms with Crippen LogP contribution in [0.3, 0.4) is 0 Å². The maximum absolute atomic E-state index is 3.68. The number of hydrogen-bond acceptors (Lipinski definition) is 2. The largest absolute Gasteiger partial charge is 0.314 e. The molecule has 0 aromatic heterocycles. The molecular formula is C11H22N2. The molecule has 1 saturated heterocycles. The van der Waals surface area contributed by atoms with Crippen LogP contribution in [0.4, 0.5) is 0 Å². The van der Waals surface area contributed by atoms with Crippen molar-refractivity contribution in [3.8, 4) is 0 Å². The molecule has 1 N–H and O–H groups in total. The SMILES string of the molecule is CC(NCC1CCN(C)C1)C1CC1. The Morgan fingerprint density at radius 1 is 1.38 bits per heavy atom. The lowest BCUT2D eigenvalue weighted by Gasteiger charge is -2.16. The molecule has 2 unspecified atom stereocenters. The maximum atomic E-state index is 3.68. The molecule has 0 aromatic carbocycles. The molecular weight excluding hydrogens is 160 g/mol. The molecule has 0 amide bonds. The van der Waals surface area contributed by atoms with Gasteiger partial charge in [-0.05, 0) is 58.2 Å². The molecule has 1 saturated carbocycles. The molecule has 2 aliphatic rings. The zero-order valence-electron chi connectivity index (χ0n) is 8.92. The van der Waals surface area contributed by atoms with Gasteiger partial charge in [-0.1, -0.05) is 0 Å². The number of rotatable bonds is 4. The summed E-state index contributed by atoms with van der Waals surface area (Å²) < 4.78 is 0. The van der Waals surface area contributed by atoms with Crippen molar-refractivity contribution in [3.05, 3.63) is 0 Å². The Morgan fingerprint density at radius 2 is 2.15 bits per heavy atom. The quantitative estimate of drug-likeness (QED) is 0.705. The summed E-state index contributed by atoms with van der Waals surface area (Å²) in [5.74, 6) is 1.91. The van der Waals surface area contributed by atoms with Gasteiger partial charge in [-0.3, -0.25) is 0 Å². The van der Waals surface area contributed by atoms with E-state index >= 15 is 0 Å². The first-order valence-corrected chi connectivity index (χ1v) is 5.67. The third-order valence-electron chi connectivity index (χ3n) is 3.55. The van der Waals surface area contributed by atoms with Gasteiger partial charge in [0.2, 0.25) is 0 Å². The van der Waals surface area contributed by atoms with Gasteiger partial charge in [-0.15, -0.1) is 0 Å². The monoisotopic (exact) mass is 182 g/mol. The standard InChI is InChI=1S/C11H22N2/c1-9(11-3-4-11)12-7-10-5-6-13(2)8-10/h9-12H,3-8H2,1-2H3. The summed E-state index contributed by atoms with van der Waals surface area (Å²) in [6.07, 6.45) is 4.30. The van der Waals surface area contributed by atoms with E-state index in [4.69, 9.17) is 0 Å². The van der Waals surface area contributed by atoms with Crippen molar-refractivity contribution in [1.29, 1.82) is 0 Å². The van der Waals surface area contributed by atoms with Crippen LogP contribution >= 0.6 is 0 Å². The molecule has 76 valence electrons. The molecule has 0 aromatic rings. The highest BCUT2D eigenvalue weighted by Gasteiger charge is 2.28. The van der Waals surface area contributed by atoms with E-state index in [9.17, 15) is 0 Å². The fraction of sp³-hybridized carbons (Fsp3) is 1.00. The van der Waals surface area contributed by atoms with Crippen molar-refractivity contribution in [2.75, 3.05) is 26.7 Å². The minimum atomic E-state index is 0.769. The summed E-state index contributed by atoms with van der Waals surface area (Å²) in [5.41, 5.74) is 0. The molecule has 2 atom stereocenters. The fourth-order valence-electron chi connectivity index (χ4n) is 2.31. The number of nitrogens with one attached hydrogen (secondary N) is 1. The molecule has 2 fully saturated rings. The van der Waals surface area contributed by atoms with E-state index in [-0.39, 0.29) is 0 Å². The Labute approximate surface area is 81.7 Å². The van der Waals surface area contributed by atoms with Gasteiger partial charge >= 0.3 is 0 Å². The second-order valence-corrected chi connectivity index (χ2v) is 4.95. The average Bonchev–Trinajstić information content (AvgIpc) is 2.87. The van der Waals surface area contributed by atoms with Crippen LogP contribution in [-0.2, 0) is 0 Å². The lowest BCUT2D eigenvalue weighted by atomic mass is 10.1. The van der Waals surface area contributed by atoms with Crippen LogP contribution in [0.1, 0.15) is 26.2 Å². The first-order valence-electron chi connectivity index (χ1n) is 5.67. The Morgan fingerprint density at radius 3 is 2.69 bits per heavy atom.